The predicted octanol–water partition coefficient (Wildman–Crippen LogP) is 1.09. The molecule has 2 N–H and O–H groups in total. The number of benzene rings is 2. The Hall–Kier alpha value is -3.67. The van der Waals surface area contributed by atoms with Gasteiger partial charge in [0.25, 0.3) is 17.5 Å². The molecule has 2 aromatic rings. The van der Waals surface area contributed by atoms with Crippen LogP contribution in [0.1, 0.15) is 20.7 Å². The molecule has 0 aromatic heterocycles. The Morgan fingerprint density at radius 1 is 0.931 bits per heavy atom. The summed E-state index contributed by atoms with van der Waals surface area (Å²) >= 11 is 0. The minimum Gasteiger partial charge on any atom is -0.493 e. The number of nitro groups is 1. The second kappa shape index (κ2) is 8.56. The number of amides is 2. The van der Waals surface area contributed by atoms with Crippen LogP contribution < -0.4 is 20.3 Å². The first-order valence-electron chi connectivity index (χ1n) is 7.89. The van der Waals surface area contributed by atoms with E-state index in [-0.39, 0.29) is 11.1 Å². The molecule has 0 spiro atoms. The van der Waals surface area contributed by atoms with Crippen molar-refractivity contribution < 1.29 is 32.4 Å². The first-order chi connectivity index (χ1) is 13.6. The average Bonchev–Trinajstić information content (AvgIpc) is 2.69. The van der Waals surface area contributed by atoms with Gasteiger partial charge in [-0.2, -0.15) is 0 Å². The van der Waals surface area contributed by atoms with Crippen LogP contribution in [0.25, 0.3) is 0 Å². The highest BCUT2D eigenvalue weighted by Crippen LogP contribution is 2.27. The minimum absolute atomic E-state index is 0.138. The first kappa shape index (κ1) is 21.6. The molecule has 0 saturated carbocycles. The van der Waals surface area contributed by atoms with Crippen molar-refractivity contribution in [1.29, 1.82) is 0 Å². The fourth-order valence-electron chi connectivity index (χ4n) is 2.27. The zero-order valence-corrected chi connectivity index (χ0v) is 16.4. The second-order valence-electron chi connectivity index (χ2n) is 5.72. The van der Waals surface area contributed by atoms with E-state index >= 15 is 0 Å². The molecule has 12 heteroatoms. The zero-order valence-electron chi connectivity index (χ0n) is 15.6. The van der Waals surface area contributed by atoms with Crippen molar-refractivity contribution in [1.82, 2.24) is 10.9 Å². The van der Waals surface area contributed by atoms with Crippen LogP contribution in [0.4, 0.5) is 5.69 Å². The normalized spacial score (nSPS) is 10.7. The van der Waals surface area contributed by atoms with Gasteiger partial charge in [0.1, 0.15) is 0 Å². The van der Waals surface area contributed by atoms with Gasteiger partial charge in [-0.05, 0) is 24.3 Å². The highest BCUT2D eigenvalue weighted by molar-refractivity contribution is 7.90. The Labute approximate surface area is 165 Å². The lowest BCUT2D eigenvalue weighted by molar-refractivity contribution is -0.385. The molecule has 0 aliphatic rings. The molecule has 0 saturated heterocycles. The molecule has 0 fully saturated rings. The number of methoxy groups -OCH3 is 2. The highest BCUT2D eigenvalue weighted by atomic mass is 32.2. The van der Waals surface area contributed by atoms with Gasteiger partial charge in [0.05, 0.1) is 24.0 Å². The third-order valence-electron chi connectivity index (χ3n) is 3.73. The van der Waals surface area contributed by atoms with Gasteiger partial charge in [0.2, 0.25) is 0 Å². The number of nitro benzene ring substituents is 1. The highest BCUT2D eigenvalue weighted by Gasteiger charge is 2.20. The predicted molar refractivity (Wildman–Crippen MR) is 101 cm³/mol. The van der Waals surface area contributed by atoms with Crippen molar-refractivity contribution >= 4 is 27.3 Å². The third-order valence-corrected chi connectivity index (χ3v) is 4.82. The van der Waals surface area contributed by atoms with Crippen molar-refractivity contribution in [3.63, 3.8) is 0 Å². The van der Waals surface area contributed by atoms with E-state index in [4.69, 9.17) is 9.47 Å². The van der Waals surface area contributed by atoms with Crippen LogP contribution in [-0.4, -0.2) is 45.6 Å². The molecule has 0 bridgehead atoms. The second-order valence-corrected chi connectivity index (χ2v) is 7.74. The van der Waals surface area contributed by atoms with Crippen molar-refractivity contribution in [3.8, 4) is 11.5 Å². The van der Waals surface area contributed by atoms with Crippen LogP contribution in [-0.2, 0) is 9.84 Å². The standard InChI is InChI=1S/C17H17N3O8S/c1-27-14-5-4-10(8-15(14)28-2)16(21)18-19-17(22)11-6-12(20(23)24)9-13(7-11)29(3,25)26/h4-9H,1-3H3,(H,18,21)(H,19,22). The number of carbonyl (C=O) groups excluding carboxylic acids is 2. The molecule has 0 atom stereocenters. The van der Waals surface area contributed by atoms with E-state index < -0.39 is 37.2 Å². The zero-order chi connectivity index (χ0) is 21.8. The maximum Gasteiger partial charge on any atom is 0.271 e. The fourth-order valence-corrected chi connectivity index (χ4v) is 2.95. The number of carbonyl (C=O) groups is 2. The number of ether oxygens (including phenoxy) is 2. The van der Waals surface area contributed by atoms with Crippen molar-refractivity contribution in [3.05, 3.63) is 57.6 Å². The molecule has 2 amide bonds. The van der Waals surface area contributed by atoms with Crippen molar-refractivity contribution in [2.45, 2.75) is 4.90 Å². The quantitative estimate of drug-likeness (QED) is 0.517. The van der Waals surface area contributed by atoms with Crippen LogP contribution in [0.15, 0.2) is 41.3 Å². The molecular formula is C17H17N3O8S. The van der Waals surface area contributed by atoms with Crippen molar-refractivity contribution in [2.24, 2.45) is 0 Å². The Kier molecular flexibility index (Phi) is 6.38. The molecule has 11 nitrogen and oxygen atoms in total. The number of hydrogen-bond acceptors (Lipinski definition) is 8. The van der Waals surface area contributed by atoms with Crippen LogP contribution >= 0.6 is 0 Å². The Morgan fingerprint density at radius 3 is 2.03 bits per heavy atom. The van der Waals surface area contributed by atoms with E-state index in [9.17, 15) is 28.1 Å². The Morgan fingerprint density at radius 2 is 1.52 bits per heavy atom. The molecule has 0 unspecified atom stereocenters. The molecule has 154 valence electrons. The smallest absolute Gasteiger partial charge is 0.271 e. The summed E-state index contributed by atoms with van der Waals surface area (Å²) < 4.78 is 33.6. The lowest BCUT2D eigenvalue weighted by atomic mass is 10.2. The van der Waals surface area contributed by atoms with Gasteiger partial charge < -0.3 is 9.47 Å². The van der Waals surface area contributed by atoms with Crippen LogP contribution in [0.5, 0.6) is 11.5 Å². The van der Waals surface area contributed by atoms with Gasteiger partial charge in [0.15, 0.2) is 21.3 Å². The summed E-state index contributed by atoms with van der Waals surface area (Å²) in [6.07, 6.45) is 0.854. The fraction of sp³-hybridized carbons (Fsp3) is 0.176. The van der Waals surface area contributed by atoms with Gasteiger partial charge in [-0.15, -0.1) is 0 Å². The molecule has 2 rings (SSSR count). The van der Waals surface area contributed by atoms with Gasteiger partial charge in [-0.1, -0.05) is 0 Å². The summed E-state index contributed by atoms with van der Waals surface area (Å²) in [7, 11) is -0.977. The number of nitrogens with one attached hydrogen (secondary N) is 2. The summed E-state index contributed by atoms with van der Waals surface area (Å²) in [5, 5.41) is 11.0. The van der Waals surface area contributed by atoms with Crippen LogP contribution in [0.3, 0.4) is 0 Å². The van der Waals surface area contributed by atoms with E-state index in [0.717, 1.165) is 24.5 Å². The third kappa shape index (κ3) is 5.19. The summed E-state index contributed by atoms with van der Waals surface area (Å²) in [6, 6.07) is 7.02. The van der Waals surface area contributed by atoms with E-state index in [1.165, 1.54) is 32.4 Å². The number of hydrogen-bond donors (Lipinski definition) is 2. The average molecular weight is 423 g/mol. The molecular weight excluding hydrogens is 406 g/mol. The number of rotatable bonds is 6. The summed E-state index contributed by atoms with van der Waals surface area (Å²) in [5.74, 6) is -0.943. The molecule has 0 heterocycles. The van der Waals surface area contributed by atoms with Gasteiger partial charge >= 0.3 is 0 Å². The van der Waals surface area contributed by atoms with Crippen LogP contribution in [0, 0.1) is 10.1 Å². The Bertz CT molecular complexity index is 1080. The molecule has 0 aliphatic heterocycles. The lowest BCUT2D eigenvalue weighted by Gasteiger charge is -2.11. The van der Waals surface area contributed by atoms with Crippen molar-refractivity contribution in [2.75, 3.05) is 20.5 Å². The lowest BCUT2D eigenvalue weighted by Crippen LogP contribution is -2.41. The first-order valence-corrected chi connectivity index (χ1v) is 9.78. The number of nitrogens with zero attached hydrogens (tertiary/aromatic N) is 1. The molecule has 29 heavy (non-hydrogen) atoms. The van der Waals surface area contributed by atoms with Gasteiger partial charge in [0, 0.05) is 29.5 Å². The molecule has 0 radical (unpaired) electrons. The SMILES string of the molecule is COc1ccc(C(=O)NNC(=O)c2cc([N+](=O)[O-])cc(S(C)(=O)=O)c2)cc1OC. The van der Waals surface area contributed by atoms with E-state index in [0.29, 0.717) is 11.5 Å². The van der Waals surface area contributed by atoms with E-state index in [2.05, 4.69) is 10.9 Å². The number of non-ortho nitro benzene ring substituents is 1. The minimum atomic E-state index is -3.80. The van der Waals surface area contributed by atoms with E-state index in [1.807, 2.05) is 0 Å². The monoisotopic (exact) mass is 423 g/mol. The maximum absolute atomic E-state index is 12.3. The number of sulfone groups is 1. The molecule has 2 aromatic carbocycles. The van der Waals surface area contributed by atoms with Gasteiger partial charge in [-0.3, -0.25) is 30.6 Å². The molecule has 0 aliphatic carbocycles. The summed E-state index contributed by atoms with van der Waals surface area (Å²) in [5.41, 5.74) is 3.46. The Balaban J connectivity index is 2.21. The number of hydrazine groups is 1. The van der Waals surface area contributed by atoms with Crippen LogP contribution in [0.2, 0.25) is 0 Å². The van der Waals surface area contributed by atoms with Gasteiger partial charge in [-0.25, -0.2) is 8.42 Å². The summed E-state index contributed by atoms with van der Waals surface area (Å²) in [6.45, 7) is 0. The maximum atomic E-state index is 12.3. The van der Waals surface area contributed by atoms with E-state index in [1.54, 1.807) is 0 Å². The summed E-state index contributed by atoms with van der Waals surface area (Å²) in [4.78, 5) is 34.3. The topological polar surface area (TPSA) is 154 Å². The largest absolute Gasteiger partial charge is 0.493 e.